The second-order valence-electron chi connectivity index (χ2n) is 7.02. The standard InChI is InChI=1S/C22H28N2O3/c1-15(2)20(24-21(25)18-7-5-6-17(4)14-18)22(26)23-12-13-27-19-10-8-16(3)9-11-19/h5-11,14-15,20H,12-13H2,1-4H3,(H,23,26)(H,24,25)/t20-/m0/s1. The maximum absolute atomic E-state index is 12.5. The van der Waals surface area contributed by atoms with E-state index in [0.29, 0.717) is 18.7 Å². The van der Waals surface area contributed by atoms with Gasteiger partial charge in [0.15, 0.2) is 0 Å². The molecule has 0 spiro atoms. The van der Waals surface area contributed by atoms with E-state index in [9.17, 15) is 9.59 Å². The number of nitrogens with one attached hydrogen (secondary N) is 2. The lowest BCUT2D eigenvalue weighted by Crippen LogP contribution is -2.50. The number of carbonyl (C=O) groups excluding carboxylic acids is 2. The van der Waals surface area contributed by atoms with Crippen molar-refractivity contribution in [2.75, 3.05) is 13.2 Å². The topological polar surface area (TPSA) is 67.4 Å². The number of hydrogen-bond donors (Lipinski definition) is 2. The van der Waals surface area contributed by atoms with E-state index in [1.165, 1.54) is 5.56 Å². The molecule has 0 saturated heterocycles. The molecular formula is C22H28N2O3. The Bertz CT molecular complexity index is 769. The normalized spacial score (nSPS) is 11.7. The Kier molecular flexibility index (Phi) is 7.41. The SMILES string of the molecule is Cc1ccc(OCCNC(=O)[C@@H](NC(=O)c2cccc(C)c2)C(C)C)cc1. The summed E-state index contributed by atoms with van der Waals surface area (Å²) in [6.07, 6.45) is 0. The van der Waals surface area contributed by atoms with Gasteiger partial charge in [0.2, 0.25) is 5.91 Å². The zero-order valence-electron chi connectivity index (χ0n) is 16.4. The van der Waals surface area contributed by atoms with Crippen LogP contribution in [-0.2, 0) is 4.79 Å². The van der Waals surface area contributed by atoms with Gasteiger partial charge in [-0.2, -0.15) is 0 Å². The van der Waals surface area contributed by atoms with Gasteiger partial charge in [0.25, 0.3) is 5.91 Å². The van der Waals surface area contributed by atoms with E-state index in [1.807, 2.05) is 64.1 Å². The van der Waals surface area contributed by atoms with Crippen molar-refractivity contribution < 1.29 is 14.3 Å². The Morgan fingerprint density at radius 1 is 1.00 bits per heavy atom. The van der Waals surface area contributed by atoms with E-state index in [1.54, 1.807) is 12.1 Å². The average molecular weight is 368 g/mol. The van der Waals surface area contributed by atoms with Crippen LogP contribution >= 0.6 is 0 Å². The second-order valence-corrected chi connectivity index (χ2v) is 7.02. The molecule has 0 heterocycles. The van der Waals surface area contributed by atoms with Crippen molar-refractivity contribution in [1.29, 1.82) is 0 Å². The first kappa shape index (κ1) is 20.5. The van der Waals surface area contributed by atoms with Gasteiger partial charge in [-0.1, -0.05) is 49.2 Å². The van der Waals surface area contributed by atoms with Crippen LogP contribution in [0.5, 0.6) is 5.75 Å². The molecule has 0 saturated carbocycles. The Hall–Kier alpha value is -2.82. The molecule has 144 valence electrons. The highest BCUT2D eigenvalue weighted by Crippen LogP contribution is 2.11. The first-order valence-electron chi connectivity index (χ1n) is 9.21. The van der Waals surface area contributed by atoms with E-state index in [-0.39, 0.29) is 17.7 Å². The van der Waals surface area contributed by atoms with Crippen molar-refractivity contribution in [2.45, 2.75) is 33.7 Å². The summed E-state index contributed by atoms with van der Waals surface area (Å²) in [5.41, 5.74) is 2.72. The summed E-state index contributed by atoms with van der Waals surface area (Å²) in [4.78, 5) is 24.9. The number of hydrogen-bond acceptors (Lipinski definition) is 3. The largest absolute Gasteiger partial charge is 0.492 e. The van der Waals surface area contributed by atoms with Crippen LogP contribution in [0.25, 0.3) is 0 Å². The highest BCUT2D eigenvalue weighted by atomic mass is 16.5. The third-order valence-electron chi connectivity index (χ3n) is 4.21. The number of amides is 2. The fourth-order valence-corrected chi connectivity index (χ4v) is 2.63. The van der Waals surface area contributed by atoms with Gasteiger partial charge in [0, 0.05) is 5.56 Å². The highest BCUT2D eigenvalue weighted by molar-refractivity contribution is 5.97. The highest BCUT2D eigenvalue weighted by Gasteiger charge is 2.24. The smallest absolute Gasteiger partial charge is 0.251 e. The monoisotopic (exact) mass is 368 g/mol. The average Bonchev–Trinajstić information content (AvgIpc) is 2.64. The predicted octanol–water partition coefficient (Wildman–Crippen LogP) is 3.25. The summed E-state index contributed by atoms with van der Waals surface area (Å²) in [6, 6.07) is 14.5. The lowest BCUT2D eigenvalue weighted by Gasteiger charge is -2.22. The van der Waals surface area contributed by atoms with Crippen LogP contribution in [0.3, 0.4) is 0 Å². The molecule has 5 heteroatoms. The Balaban J connectivity index is 1.85. The molecule has 0 radical (unpaired) electrons. The van der Waals surface area contributed by atoms with Crippen LogP contribution in [0.15, 0.2) is 48.5 Å². The van der Waals surface area contributed by atoms with Crippen molar-refractivity contribution in [2.24, 2.45) is 5.92 Å². The zero-order valence-corrected chi connectivity index (χ0v) is 16.4. The molecule has 1 atom stereocenters. The molecule has 2 aromatic rings. The van der Waals surface area contributed by atoms with Crippen LogP contribution in [0.1, 0.15) is 35.3 Å². The fraction of sp³-hybridized carbons (Fsp3) is 0.364. The van der Waals surface area contributed by atoms with Crippen molar-refractivity contribution in [3.63, 3.8) is 0 Å². The van der Waals surface area contributed by atoms with Crippen LogP contribution < -0.4 is 15.4 Å². The summed E-state index contributed by atoms with van der Waals surface area (Å²) in [5.74, 6) is 0.279. The van der Waals surface area contributed by atoms with Gasteiger partial charge in [0.1, 0.15) is 18.4 Å². The third-order valence-corrected chi connectivity index (χ3v) is 4.21. The van der Waals surface area contributed by atoms with Gasteiger partial charge in [-0.15, -0.1) is 0 Å². The maximum atomic E-state index is 12.5. The Labute approximate surface area is 161 Å². The van der Waals surface area contributed by atoms with Crippen LogP contribution in [0.4, 0.5) is 0 Å². The lowest BCUT2D eigenvalue weighted by molar-refractivity contribution is -0.124. The second kappa shape index (κ2) is 9.76. The molecule has 2 rings (SSSR count). The number of rotatable bonds is 8. The molecule has 0 fully saturated rings. The number of aryl methyl sites for hydroxylation is 2. The van der Waals surface area contributed by atoms with Gasteiger partial charge in [-0.25, -0.2) is 0 Å². The third kappa shape index (κ3) is 6.44. The number of benzene rings is 2. The maximum Gasteiger partial charge on any atom is 0.251 e. The predicted molar refractivity (Wildman–Crippen MR) is 107 cm³/mol. The van der Waals surface area contributed by atoms with E-state index < -0.39 is 6.04 Å². The summed E-state index contributed by atoms with van der Waals surface area (Å²) < 4.78 is 5.61. The lowest BCUT2D eigenvalue weighted by atomic mass is 10.0. The van der Waals surface area contributed by atoms with Crippen LogP contribution in [0.2, 0.25) is 0 Å². The Morgan fingerprint density at radius 2 is 1.70 bits per heavy atom. The summed E-state index contributed by atoms with van der Waals surface area (Å²) >= 11 is 0. The molecule has 0 aromatic heterocycles. The quantitative estimate of drug-likeness (QED) is 0.703. The minimum atomic E-state index is -0.600. The molecule has 0 aliphatic heterocycles. The van der Waals surface area contributed by atoms with Gasteiger partial charge < -0.3 is 15.4 Å². The molecule has 2 N–H and O–H groups in total. The fourth-order valence-electron chi connectivity index (χ4n) is 2.63. The van der Waals surface area contributed by atoms with Crippen molar-refractivity contribution >= 4 is 11.8 Å². The zero-order chi connectivity index (χ0) is 19.8. The van der Waals surface area contributed by atoms with Gasteiger partial charge in [0.05, 0.1) is 6.54 Å². The van der Waals surface area contributed by atoms with E-state index in [0.717, 1.165) is 11.3 Å². The minimum absolute atomic E-state index is 0.0308. The first-order chi connectivity index (χ1) is 12.9. The van der Waals surface area contributed by atoms with Crippen LogP contribution in [0, 0.1) is 19.8 Å². The minimum Gasteiger partial charge on any atom is -0.492 e. The first-order valence-corrected chi connectivity index (χ1v) is 9.21. The van der Waals surface area contributed by atoms with E-state index in [2.05, 4.69) is 10.6 Å². The molecule has 0 bridgehead atoms. The number of ether oxygens (including phenoxy) is 1. The molecule has 2 amide bonds. The molecule has 2 aromatic carbocycles. The molecule has 0 aliphatic carbocycles. The number of carbonyl (C=O) groups is 2. The van der Waals surface area contributed by atoms with E-state index >= 15 is 0 Å². The van der Waals surface area contributed by atoms with Crippen molar-refractivity contribution in [3.05, 3.63) is 65.2 Å². The van der Waals surface area contributed by atoms with Crippen LogP contribution in [-0.4, -0.2) is 31.0 Å². The summed E-state index contributed by atoms with van der Waals surface area (Å²) in [5, 5.41) is 5.67. The molecule has 0 unspecified atom stereocenters. The van der Waals surface area contributed by atoms with Crippen molar-refractivity contribution in [3.8, 4) is 5.75 Å². The van der Waals surface area contributed by atoms with E-state index in [4.69, 9.17) is 4.74 Å². The summed E-state index contributed by atoms with van der Waals surface area (Å²) in [7, 11) is 0. The van der Waals surface area contributed by atoms with Gasteiger partial charge in [-0.3, -0.25) is 9.59 Å². The molecule has 27 heavy (non-hydrogen) atoms. The Morgan fingerprint density at radius 3 is 2.33 bits per heavy atom. The van der Waals surface area contributed by atoms with Gasteiger partial charge >= 0.3 is 0 Å². The molecular weight excluding hydrogens is 340 g/mol. The molecule has 0 aliphatic rings. The van der Waals surface area contributed by atoms with Crippen molar-refractivity contribution in [1.82, 2.24) is 10.6 Å². The molecule has 5 nitrogen and oxygen atoms in total. The van der Waals surface area contributed by atoms with Gasteiger partial charge in [-0.05, 0) is 44.0 Å². The summed E-state index contributed by atoms with van der Waals surface area (Å²) in [6.45, 7) is 8.49.